The topological polar surface area (TPSA) is 47.6 Å². The molecule has 0 aromatic heterocycles. The van der Waals surface area contributed by atoms with E-state index in [-0.39, 0.29) is 12.0 Å². The molecule has 25 heavy (non-hydrogen) atoms. The molecule has 0 heterocycles. The van der Waals surface area contributed by atoms with Gasteiger partial charge in [0, 0.05) is 16.7 Å². The number of thiol groups is 1. The molecule has 0 aliphatic rings. The molecule has 0 bridgehead atoms. The van der Waals surface area contributed by atoms with Crippen molar-refractivity contribution in [2.24, 2.45) is 0 Å². The van der Waals surface area contributed by atoms with Gasteiger partial charge in [-0.3, -0.25) is 4.79 Å². The lowest BCUT2D eigenvalue weighted by atomic mass is 10.2. The van der Waals surface area contributed by atoms with E-state index in [4.69, 9.17) is 9.47 Å². The first-order chi connectivity index (χ1) is 12.0. The standard InChI is InChI=1S/C20H21NO3S/c1-4-14(2)24-18-11-5-15(13-19(18)23-3)6-12-20(22)21-16-7-9-17(25)10-8-16/h4-14,25H,1H2,2-3H3,(H,21,22)/b12-6+. The van der Waals surface area contributed by atoms with Crippen molar-refractivity contribution in [2.45, 2.75) is 17.9 Å². The van der Waals surface area contributed by atoms with Crippen LogP contribution in [0.5, 0.6) is 11.5 Å². The number of anilines is 1. The number of benzene rings is 2. The highest BCUT2D eigenvalue weighted by Gasteiger charge is 2.07. The Labute approximate surface area is 153 Å². The lowest BCUT2D eigenvalue weighted by Gasteiger charge is -2.14. The Kier molecular flexibility index (Phi) is 6.71. The van der Waals surface area contributed by atoms with Crippen molar-refractivity contribution in [3.63, 3.8) is 0 Å². The van der Waals surface area contributed by atoms with Crippen LogP contribution < -0.4 is 14.8 Å². The molecule has 0 aliphatic carbocycles. The van der Waals surface area contributed by atoms with Gasteiger partial charge in [-0.15, -0.1) is 12.6 Å². The minimum atomic E-state index is -0.216. The van der Waals surface area contributed by atoms with Gasteiger partial charge in [-0.25, -0.2) is 0 Å². The molecule has 2 aromatic carbocycles. The van der Waals surface area contributed by atoms with Crippen molar-refractivity contribution in [1.82, 2.24) is 0 Å². The fourth-order valence-corrected chi connectivity index (χ4v) is 2.18. The lowest BCUT2D eigenvalue weighted by molar-refractivity contribution is -0.111. The van der Waals surface area contributed by atoms with E-state index >= 15 is 0 Å². The third-order valence-electron chi connectivity index (χ3n) is 3.39. The molecule has 1 unspecified atom stereocenters. The normalized spacial score (nSPS) is 11.8. The first-order valence-corrected chi connectivity index (χ1v) is 8.22. The quantitative estimate of drug-likeness (QED) is 0.434. The molecule has 0 saturated carbocycles. The molecule has 1 amide bonds. The monoisotopic (exact) mass is 355 g/mol. The number of ether oxygens (including phenoxy) is 2. The van der Waals surface area contributed by atoms with E-state index in [1.807, 2.05) is 37.3 Å². The molecule has 0 fully saturated rings. The van der Waals surface area contributed by atoms with Crippen LogP contribution in [-0.2, 0) is 4.79 Å². The second-order valence-electron chi connectivity index (χ2n) is 5.34. The Bertz CT molecular complexity index is 769. The highest BCUT2D eigenvalue weighted by atomic mass is 32.1. The van der Waals surface area contributed by atoms with Crippen LogP contribution in [0.15, 0.2) is 66.1 Å². The zero-order valence-electron chi connectivity index (χ0n) is 14.2. The summed E-state index contributed by atoms with van der Waals surface area (Å²) in [6.07, 6.45) is 4.77. The van der Waals surface area contributed by atoms with E-state index in [1.165, 1.54) is 6.08 Å². The number of nitrogens with one attached hydrogen (secondary N) is 1. The molecule has 130 valence electrons. The predicted molar refractivity (Wildman–Crippen MR) is 105 cm³/mol. The number of rotatable bonds is 7. The van der Waals surface area contributed by atoms with E-state index < -0.39 is 0 Å². The summed E-state index contributed by atoms with van der Waals surface area (Å²) in [7, 11) is 1.58. The van der Waals surface area contributed by atoms with Crippen LogP contribution in [-0.4, -0.2) is 19.1 Å². The minimum absolute atomic E-state index is 0.121. The summed E-state index contributed by atoms with van der Waals surface area (Å²) in [6.45, 7) is 5.59. The largest absolute Gasteiger partial charge is 0.493 e. The van der Waals surface area contributed by atoms with Crippen molar-refractivity contribution in [3.05, 3.63) is 66.8 Å². The van der Waals surface area contributed by atoms with Crippen molar-refractivity contribution < 1.29 is 14.3 Å². The Morgan fingerprint density at radius 2 is 1.92 bits per heavy atom. The summed E-state index contributed by atoms with van der Waals surface area (Å²) < 4.78 is 11.0. The van der Waals surface area contributed by atoms with Crippen LogP contribution in [0, 0.1) is 0 Å². The zero-order chi connectivity index (χ0) is 18.2. The van der Waals surface area contributed by atoms with Crippen LogP contribution in [0.3, 0.4) is 0 Å². The highest BCUT2D eigenvalue weighted by Crippen LogP contribution is 2.29. The van der Waals surface area contributed by atoms with Crippen molar-refractivity contribution in [2.75, 3.05) is 12.4 Å². The third-order valence-corrected chi connectivity index (χ3v) is 3.69. The SMILES string of the molecule is C=CC(C)Oc1ccc(/C=C/C(=O)Nc2ccc(S)cc2)cc1OC. The van der Waals surface area contributed by atoms with Crippen molar-refractivity contribution in [3.8, 4) is 11.5 Å². The molecule has 1 atom stereocenters. The number of carbonyl (C=O) groups is 1. The van der Waals surface area contributed by atoms with Crippen LogP contribution >= 0.6 is 12.6 Å². The number of methoxy groups -OCH3 is 1. The van der Waals surface area contributed by atoms with Gasteiger partial charge in [0.25, 0.3) is 0 Å². The summed E-state index contributed by atoms with van der Waals surface area (Å²) >= 11 is 4.21. The van der Waals surface area contributed by atoms with Gasteiger partial charge in [0.2, 0.25) is 5.91 Å². The van der Waals surface area contributed by atoms with Gasteiger partial charge in [0.1, 0.15) is 6.10 Å². The second-order valence-corrected chi connectivity index (χ2v) is 5.85. The molecule has 0 aliphatic heterocycles. The fraction of sp³-hybridized carbons (Fsp3) is 0.150. The summed E-state index contributed by atoms with van der Waals surface area (Å²) in [5.41, 5.74) is 1.54. The molecule has 0 saturated heterocycles. The Hall–Kier alpha value is -2.66. The first kappa shape index (κ1) is 18.7. The Balaban J connectivity index is 2.05. The van der Waals surface area contributed by atoms with Crippen LogP contribution in [0.1, 0.15) is 12.5 Å². The second kappa shape index (κ2) is 8.99. The zero-order valence-corrected chi connectivity index (χ0v) is 15.1. The summed E-state index contributed by atoms with van der Waals surface area (Å²) in [5.74, 6) is 1.01. The lowest BCUT2D eigenvalue weighted by Crippen LogP contribution is -2.08. The molecular formula is C20H21NO3S. The van der Waals surface area contributed by atoms with Gasteiger partial charge in [-0.2, -0.15) is 0 Å². The first-order valence-electron chi connectivity index (χ1n) is 7.77. The highest BCUT2D eigenvalue weighted by molar-refractivity contribution is 7.80. The van der Waals surface area contributed by atoms with Gasteiger partial charge >= 0.3 is 0 Å². The van der Waals surface area contributed by atoms with E-state index in [9.17, 15) is 4.79 Å². The van der Waals surface area contributed by atoms with Gasteiger partial charge < -0.3 is 14.8 Å². The van der Waals surface area contributed by atoms with Crippen LogP contribution in [0.25, 0.3) is 6.08 Å². The van der Waals surface area contributed by atoms with Crippen LogP contribution in [0.2, 0.25) is 0 Å². The number of hydrogen-bond donors (Lipinski definition) is 2. The number of amides is 1. The maximum absolute atomic E-state index is 12.0. The van der Waals surface area contributed by atoms with Crippen molar-refractivity contribution in [1.29, 1.82) is 0 Å². The maximum Gasteiger partial charge on any atom is 0.248 e. The number of hydrogen-bond acceptors (Lipinski definition) is 4. The average Bonchev–Trinajstić information content (AvgIpc) is 2.62. The Morgan fingerprint density at radius 1 is 1.20 bits per heavy atom. The maximum atomic E-state index is 12.0. The van der Waals surface area contributed by atoms with E-state index in [0.717, 1.165) is 10.5 Å². The summed E-state index contributed by atoms with van der Waals surface area (Å²) in [4.78, 5) is 12.8. The molecular weight excluding hydrogens is 334 g/mol. The van der Waals surface area contributed by atoms with E-state index in [1.54, 1.807) is 31.4 Å². The molecule has 2 rings (SSSR count). The molecule has 0 radical (unpaired) electrons. The van der Waals surface area contributed by atoms with Gasteiger partial charge in [-0.1, -0.05) is 18.7 Å². The van der Waals surface area contributed by atoms with Crippen LogP contribution in [0.4, 0.5) is 5.69 Å². The predicted octanol–water partition coefficient (Wildman–Crippen LogP) is 4.59. The van der Waals surface area contributed by atoms with E-state index in [2.05, 4.69) is 24.5 Å². The van der Waals surface area contributed by atoms with E-state index in [0.29, 0.717) is 17.2 Å². The van der Waals surface area contributed by atoms with Gasteiger partial charge in [0.05, 0.1) is 7.11 Å². The van der Waals surface area contributed by atoms with Gasteiger partial charge in [0.15, 0.2) is 11.5 Å². The molecule has 0 spiro atoms. The molecule has 1 N–H and O–H groups in total. The fourth-order valence-electron chi connectivity index (χ4n) is 2.03. The molecule has 5 heteroatoms. The molecule has 2 aromatic rings. The Morgan fingerprint density at radius 3 is 2.56 bits per heavy atom. The minimum Gasteiger partial charge on any atom is -0.493 e. The molecule has 4 nitrogen and oxygen atoms in total. The van der Waals surface area contributed by atoms with Crippen molar-refractivity contribution >= 4 is 30.3 Å². The summed E-state index contributed by atoms with van der Waals surface area (Å²) in [6, 6.07) is 12.7. The third kappa shape index (κ3) is 5.72. The van der Waals surface area contributed by atoms with Gasteiger partial charge in [-0.05, 0) is 55.0 Å². The number of carbonyl (C=O) groups excluding carboxylic acids is 1. The average molecular weight is 355 g/mol. The smallest absolute Gasteiger partial charge is 0.248 e. The summed E-state index contributed by atoms with van der Waals surface area (Å²) in [5, 5.41) is 2.79.